The number of anilines is 1. The smallest absolute Gasteiger partial charge is 0.406 e. The summed E-state index contributed by atoms with van der Waals surface area (Å²) < 4.78 is 84.3. The topological polar surface area (TPSA) is 39.5 Å². The van der Waals surface area contributed by atoms with Gasteiger partial charge in [-0.15, -0.1) is 26.3 Å². The molecule has 0 unspecified atom stereocenters. The maximum atomic E-state index is 12.5. The van der Waals surface area contributed by atoms with Gasteiger partial charge in [0.15, 0.2) is 0 Å². The van der Waals surface area contributed by atoms with Crippen LogP contribution in [0.3, 0.4) is 0 Å². The molecule has 4 aromatic rings. The highest BCUT2D eigenvalue weighted by Crippen LogP contribution is 2.28. The number of hydrogen-bond donors (Lipinski definition) is 0. The summed E-state index contributed by atoms with van der Waals surface area (Å²) in [7, 11) is 1.80. The third-order valence-electron chi connectivity index (χ3n) is 5.03. The highest BCUT2D eigenvalue weighted by Gasteiger charge is 2.31. The Morgan fingerprint density at radius 2 is 1.23 bits per heavy atom. The number of benzene rings is 3. The van der Waals surface area contributed by atoms with Crippen LogP contribution in [0.5, 0.6) is 11.5 Å². The molecule has 11 heteroatoms. The summed E-state index contributed by atoms with van der Waals surface area (Å²) in [4.78, 5) is 1.95. The molecule has 1 aromatic heterocycles. The lowest BCUT2D eigenvalue weighted by atomic mass is 10.1. The number of aromatic nitrogens is 2. The van der Waals surface area contributed by atoms with Crippen molar-refractivity contribution in [3.63, 3.8) is 0 Å². The number of fused-ring (bicyclic) bond motifs is 1. The van der Waals surface area contributed by atoms with E-state index in [-0.39, 0.29) is 11.5 Å². The zero-order valence-corrected chi connectivity index (χ0v) is 18.3. The standard InChI is InChI=1S/C24H19F6N3O2/c1-32-15-18-12-19(6-11-22(18)31-32)33(13-16-2-7-20(8-3-16)34-23(25,26)27)14-17-4-9-21(10-5-17)35-24(28,29)30/h2-12,15H,13-14H2,1H3. The average Bonchev–Trinajstić information content (AvgIpc) is 3.13. The molecule has 5 nitrogen and oxygen atoms in total. The predicted octanol–water partition coefficient (Wildman–Crippen LogP) is 6.58. The van der Waals surface area contributed by atoms with Crippen LogP contribution in [0.25, 0.3) is 10.9 Å². The van der Waals surface area contributed by atoms with Gasteiger partial charge in [-0.25, -0.2) is 0 Å². The first-order chi connectivity index (χ1) is 16.4. The second kappa shape index (κ2) is 9.40. The second-order valence-corrected chi connectivity index (χ2v) is 7.79. The Bertz CT molecular complexity index is 1220. The highest BCUT2D eigenvalue weighted by atomic mass is 19.4. The second-order valence-electron chi connectivity index (χ2n) is 7.79. The van der Waals surface area contributed by atoms with Crippen LogP contribution < -0.4 is 14.4 Å². The van der Waals surface area contributed by atoms with E-state index in [2.05, 4.69) is 14.6 Å². The zero-order chi connectivity index (χ0) is 25.2. The van der Waals surface area contributed by atoms with Gasteiger partial charge >= 0.3 is 12.7 Å². The lowest BCUT2D eigenvalue weighted by molar-refractivity contribution is -0.275. The highest BCUT2D eigenvalue weighted by molar-refractivity contribution is 5.82. The zero-order valence-electron chi connectivity index (χ0n) is 18.3. The van der Waals surface area contributed by atoms with Gasteiger partial charge in [0, 0.05) is 37.4 Å². The molecule has 0 atom stereocenters. The number of nitrogens with zero attached hydrogens (tertiary/aromatic N) is 3. The first kappa shape index (κ1) is 24.2. The maximum absolute atomic E-state index is 12.5. The first-order valence-corrected chi connectivity index (χ1v) is 10.3. The molecule has 0 amide bonds. The summed E-state index contributed by atoms with van der Waals surface area (Å²) in [6, 6.07) is 16.6. The molecule has 0 aliphatic heterocycles. The van der Waals surface area contributed by atoms with E-state index in [0.717, 1.165) is 16.6 Å². The number of rotatable bonds is 7. The van der Waals surface area contributed by atoms with Gasteiger partial charge < -0.3 is 14.4 Å². The summed E-state index contributed by atoms with van der Waals surface area (Å²) in [6.07, 6.45) is -7.72. The van der Waals surface area contributed by atoms with Crippen molar-refractivity contribution < 1.29 is 35.8 Å². The molecular formula is C24H19F6N3O2. The Morgan fingerprint density at radius 3 is 1.69 bits per heavy atom. The third-order valence-corrected chi connectivity index (χ3v) is 5.03. The van der Waals surface area contributed by atoms with Crippen LogP contribution >= 0.6 is 0 Å². The lowest BCUT2D eigenvalue weighted by Crippen LogP contribution is -2.22. The molecule has 0 saturated heterocycles. The summed E-state index contributed by atoms with van der Waals surface area (Å²) in [6.45, 7) is 0.637. The molecule has 0 aliphatic rings. The van der Waals surface area contributed by atoms with Gasteiger partial charge in [-0.05, 0) is 53.6 Å². The fourth-order valence-corrected chi connectivity index (χ4v) is 3.61. The van der Waals surface area contributed by atoms with Gasteiger partial charge in [0.25, 0.3) is 0 Å². The molecule has 0 aliphatic carbocycles. The van der Waals surface area contributed by atoms with E-state index in [1.807, 2.05) is 29.3 Å². The van der Waals surface area contributed by atoms with Gasteiger partial charge in [0.1, 0.15) is 11.5 Å². The molecule has 3 aromatic carbocycles. The number of ether oxygens (including phenoxy) is 2. The molecule has 35 heavy (non-hydrogen) atoms. The van der Waals surface area contributed by atoms with E-state index in [1.54, 1.807) is 11.7 Å². The Balaban J connectivity index is 1.59. The summed E-state index contributed by atoms with van der Waals surface area (Å²) in [5.74, 6) is -0.658. The maximum Gasteiger partial charge on any atom is 0.573 e. The van der Waals surface area contributed by atoms with Crippen molar-refractivity contribution >= 4 is 16.6 Å². The van der Waals surface area contributed by atoms with Gasteiger partial charge in [-0.2, -0.15) is 5.10 Å². The number of aryl methyl sites for hydroxylation is 1. The van der Waals surface area contributed by atoms with Crippen molar-refractivity contribution in [3.05, 3.63) is 84.1 Å². The largest absolute Gasteiger partial charge is 0.573 e. The van der Waals surface area contributed by atoms with Gasteiger partial charge in [-0.1, -0.05) is 24.3 Å². The molecule has 0 bridgehead atoms. The van der Waals surface area contributed by atoms with Gasteiger partial charge in [-0.3, -0.25) is 4.68 Å². The average molecular weight is 495 g/mol. The SMILES string of the molecule is Cn1cc2cc(N(Cc3ccc(OC(F)(F)F)cc3)Cc3ccc(OC(F)(F)F)cc3)ccc2n1. The van der Waals surface area contributed by atoms with Crippen molar-refractivity contribution in [1.82, 2.24) is 9.78 Å². The normalized spacial score (nSPS) is 12.1. The van der Waals surface area contributed by atoms with E-state index < -0.39 is 12.7 Å². The van der Waals surface area contributed by atoms with Crippen LogP contribution in [-0.4, -0.2) is 22.5 Å². The Kier molecular flexibility index (Phi) is 6.51. The van der Waals surface area contributed by atoms with Crippen molar-refractivity contribution in [3.8, 4) is 11.5 Å². The van der Waals surface area contributed by atoms with E-state index in [1.165, 1.54) is 48.5 Å². The van der Waals surface area contributed by atoms with E-state index >= 15 is 0 Å². The Morgan fingerprint density at radius 1 is 0.743 bits per heavy atom. The van der Waals surface area contributed by atoms with E-state index in [0.29, 0.717) is 24.2 Å². The molecule has 1 heterocycles. The van der Waals surface area contributed by atoms with Crippen molar-refractivity contribution in [2.75, 3.05) is 4.90 Å². The molecular weight excluding hydrogens is 476 g/mol. The minimum absolute atomic E-state index is 0.318. The van der Waals surface area contributed by atoms with Crippen LogP contribution in [0.2, 0.25) is 0 Å². The Hall–Kier alpha value is -3.89. The van der Waals surface area contributed by atoms with Gasteiger partial charge in [0.05, 0.1) is 5.52 Å². The molecule has 0 radical (unpaired) electrons. The minimum atomic E-state index is -4.78. The Labute approximate surface area is 196 Å². The molecule has 184 valence electrons. The third kappa shape index (κ3) is 6.81. The van der Waals surface area contributed by atoms with Crippen LogP contribution in [-0.2, 0) is 20.1 Å². The van der Waals surface area contributed by atoms with Crippen molar-refractivity contribution in [2.24, 2.45) is 7.05 Å². The minimum Gasteiger partial charge on any atom is -0.406 e. The quantitative estimate of drug-likeness (QED) is 0.272. The summed E-state index contributed by atoms with van der Waals surface area (Å²) >= 11 is 0. The lowest BCUT2D eigenvalue weighted by Gasteiger charge is -2.26. The monoisotopic (exact) mass is 495 g/mol. The van der Waals surface area contributed by atoms with E-state index in [4.69, 9.17) is 0 Å². The fourth-order valence-electron chi connectivity index (χ4n) is 3.61. The number of halogens is 6. The van der Waals surface area contributed by atoms with E-state index in [9.17, 15) is 26.3 Å². The van der Waals surface area contributed by atoms with Crippen molar-refractivity contribution in [1.29, 1.82) is 0 Å². The van der Waals surface area contributed by atoms with Gasteiger partial charge in [0.2, 0.25) is 0 Å². The van der Waals surface area contributed by atoms with Crippen molar-refractivity contribution in [2.45, 2.75) is 25.8 Å². The predicted molar refractivity (Wildman–Crippen MR) is 117 cm³/mol. The molecule has 0 saturated carbocycles. The van der Waals surface area contributed by atoms with Crippen LogP contribution in [0, 0.1) is 0 Å². The van der Waals surface area contributed by atoms with Crippen LogP contribution in [0.1, 0.15) is 11.1 Å². The molecule has 4 rings (SSSR count). The van der Waals surface area contributed by atoms with Crippen LogP contribution in [0.4, 0.5) is 32.0 Å². The summed E-state index contributed by atoms with van der Waals surface area (Å²) in [5, 5.41) is 5.23. The number of hydrogen-bond acceptors (Lipinski definition) is 4. The first-order valence-electron chi connectivity index (χ1n) is 10.3. The molecule has 0 fully saturated rings. The molecule has 0 N–H and O–H groups in total. The van der Waals surface area contributed by atoms with Crippen LogP contribution in [0.15, 0.2) is 72.9 Å². The number of alkyl halides is 6. The summed E-state index contributed by atoms with van der Waals surface area (Å²) in [5.41, 5.74) is 3.01. The molecule has 0 spiro atoms. The fraction of sp³-hybridized carbons (Fsp3) is 0.208.